The van der Waals surface area contributed by atoms with Gasteiger partial charge in [0.1, 0.15) is 0 Å². The molecule has 0 radical (unpaired) electrons. The molecule has 0 N–H and O–H groups in total. The number of hydrogen-bond acceptors (Lipinski definition) is 0. The number of aryl methyl sites for hydroxylation is 2. The Morgan fingerprint density at radius 2 is 1.67 bits per heavy atom. The van der Waals surface area contributed by atoms with Crippen molar-refractivity contribution in [2.75, 3.05) is 0 Å². The van der Waals surface area contributed by atoms with Crippen LogP contribution in [0.15, 0.2) is 48.5 Å². The van der Waals surface area contributed by atoms with Crippen molar-refractivity contribution >= 4 is 0 Å². The maximum Gasteiger partial charge on any atom is -0.00230 e. The van der Waals surface area contributed by atoms with Crippen LogP contribution in [0.3, 0.4) is 0 Å². The molecule has 0 aromatic heterocycles. The summed E-state index contributed by atoms with van der Waals surface area (Å²) in [5.41, 5.74) is 5.72. The van der Waals surface area contributed by atoms with E-state index in [2.05, 4.69) is 62.4 Å². The van der Waals surface area contributed by atoms with Gasteiger partial charge in [-0.05, 0) is 48.4 Å². The average Bonchev–Trinajstić information content (AvgIpc) is 2.40. The van der Waals surface area contributed by atoms with E-state index in [1.807, 2.05) is 0 Å². The molecule has 0 saturated heterocycles. The highest BCUT2D eigenvalue weighted by Crippen LogP contribution is 2.15. The first-order chi connectivity index (χ1) is 8.79. The van der Waals surface area contributed by atoms with Crippen LogP contribution in [0.2, 0.25) is 0 Å². The Morgan fingerprint density at radius 3 is 2.44 bits per heavy atom. The fourth-order valence-corrected chi connectivity index (χ4v) is 2.30. The monoisotopic (exact) mass is 238 g/mol. The smallest absolute Gasteiger partial charge is 0.00230 e. The lowest BCUT2D eigenvalue weighted by Gasteiger charge is -2.07. The molecule has 2 aromatic rings. The van der Waals surface area contributed by atoms with Crippen LogP contribution < -0.4 is 0 Å². The van der Waals surface area contributed by atoms with Crippen LogP contribution in [0.25, 0.3) is 0 Å². The third-order valence-corrected chi connectivity index (χ3v) is 3.47. The lowest BCUT2D eigenvalue weighted by molar-refractivity contribution is 0.794. The maximum absolute atomic E-state index is 2.36. The molecule has 0 heterocycles. The first-order valence-electron chi connectivity index (χ1n) is 6.92. The van der Waals surface area contributed by atoms with Gasteiger partial charge in [-0.15, -0.1) is 0 Å². The van der Waals surface area contributed by atoms with Gasteiger partial charge in [0, 0.05) is 0 Å². The molecule has 0 nitrogen and oxygen atoms in total. The summed E-state index contributed by atoms with van der Waals surface area (Å²) in [7, 11) is 0. The predicted octanol–water partition coefficient (Wildman–Crippen LogP) is 4.93. The van der Waals surface area contributed by atoms with Gasteiger partial charge >= 0.3 is 0 Å². The summed E-state index contributed by atoms with van der Waals surface area (Å²) < 4.78 is 0. The Labute approximate surface area is 111 Å². The largest absolute Gasteiger partial charge is 0.0654 e. The zero-order valence-corrected chi connectivity index (χ0v) is 11.4. The van der Waals surface area contributed by atoms with E-state index >= 15 is 0 Å². The average molecular weight is 238 g/mol. The van der Waals surface area contributed by atoms with Gasteiger partial charge in [0.05, 0.1) is 0 Å². The standard InChI is InChI=1S/C18H22/c1-3-4-9-16-10-7-11-17(13-16)14-18-12-6-5-8-15(18)2/h5-8,10-13H,3-4,9,14H2,1-2H3. The number of benzene rings is 2. The molecule has 0 heteroatoms. The minimum Gasteiger partial charge on any atom is -0.0654 e. The van der Waals surface area contributed by atoms with E-state index in [4.69, 9.17) is 0 Å². The second kappa shape index (κ2) is 6.39. The quantitative estimate of drug-likeness (QED) is 0.693. The van der Waals surface area contributed by atoms with Gasteiger partial charge in [0.15, 0.2) is 0 Å². The molecule has 0 bridgehead atoms. The van der Waals surface area contributed by atoms with Crippen molar-refractivity contribution in [2.45, 2.75) is 39.5 Å². The zero-order valence-electron chi connectivity index (χ0n) is 11.4. The third-order valence-electron chi connectivity index (χ3n) is 3.47. The Bertz CT molecular complexity index is 497. The molecule has 0 aliphatic rings. The topological polar surface area (TPSA) is 0 Å². The van der Waals surface area contributed by atoms with Crippen LogP contribution in [-0.2, 0) is 12.8 Å². The van der Waals surface area contributed by atoms with E-state index < -0.39 is 0 Å². The number of rotatable bonds is 5. The molecule has 0 unspecified atom stereocenters. The van der Waals surface area contributed by atoms with Crippen molar-refractivity contribution in [3.8, 4) is 0 Å². The van der Waals surface area contributed by atoms with Crippen molar-refractivity contribution in [1.82, 2.24) is 0 Å². The summed E-state index contributed by atoms with van der Waals surface area (Å²) in [6, 6.07) is 17.7. The predicted molar refractivity (Wildman–Crippen MR) is 79.0 cm³/mol. The van der Waals surface area contributed by atoms with Gasteiger partial charge < -0.3 is 0 Å². The minimum atomic E-state index is 1.05. The molecule has 0 aliphatic heterocycles. The van der Waals surface area contributed by atoms with Crippen LogP contribution in [0.5, 0.6) is 0 Å². The van der Waals surface area contributed by atoms with Crippen molar-refractivity contribution in [3.05, 3.63) is 70.8 Å². The molecule has 0 spiro atoms. The molecule has 0 atom stereocenters. The SMILES string of the molecule is CCCCc1cccc(Cc2ccccc2C)c1. The Hall–Kier alpha value is -1.56. The van der Waals surface area contributed by atoms with Crippen LogP contribution in [0.4, 0.5) is 0 Å². The Morgan fingerprint density at radius 1 is 0.889 bits per heavy atom. The number of unbranched alkanes of at least 4 members (excludes halogenated alkanes) is 1. The fourth-order valence-electron chi connectivity index (χ4n) is 2.30. The van der Waals surface area contributed by atoms with E-state index in [9.17, 15) is 0 Å². The Kier molecular flexibility index (Phi) is 4.58. The van der Waals surface area contributed by atoms with E-state index in [0.29, 0.717) is 0 Å². The molecule has 94 valence electrons. The summed E-state index contributed by atoms with van der Waals surface area (Å²) >= 11 is 0. The van der Waals surface area contributed by atoms with Crippen LogP contribution in [0, 0.1) is 6.92 Å². The molecule has 0 fully saturated rings. The van der Waals surface area contributed by atoms with Gasteiger partial charge in [-0.3, -0.25) is 0 Å². The van der Waals surface area contributed by atoms with Gasteiger partial charge in [-0.1, -0.05) is 61.9 Å². The van der Waals surface area contributed by atoms with Gasteiger partial charge in [-0.25, -0.2) is 0 Å². The summed E-state index contributed by atoms with van der Waals surface area (Å²) in [6.45, 7) is 4.44. The van der Waals surface area contributed by atoms with E-state index in [-0.39, 0.29) is 0 Å². The van der Waals surface area contributed by atoms with Crippen molar-refractivity contribution in [2.24, 2.45) is 0 Å². The third kappa shape index (κ3) is 3.46. The van der Waals surface area contributed by atoms with Gasteiger partial charge in [0.25, 0.3) is 0 Å². The van der Waals surface area contributed by atoms with Crippen LogP contribution in [-0.4, -0.2) is 0 Å². The van der Waals surface area contributed by atoms with Gasteiger partial charge in [0.2, 0.25) is 0 Å². The lowest BCUT2D eigenvalue weighted by atomic mass is 9.98. The van der Waals surface area contributed by atoms with E-state index in [0.717, 1.165) is 6.42 Å². The molecule has 2 aromatic carbocycles. The highest BCUT2D eigenvalue weighted by Gasteiger charge is 2.00. The molecule has 0 amide bonds. The second-order valence-corrected chi connectivity index (χ2v) is 5.03. The maximum atomic E-state index is 2.36. The van der Waals surface area contributed by atoms with E-state index in [1.54, 1.807) is 0 Å². The van der Waals surface area contributed by atoms with Crippen LogP contribution >= 0.6 is 0 Å². The summed E-state index contributed by atoms with van der Waals surface area (Å²) in [6.07, 6.45) is 4.81. The molecule has 2 rings (SSSR count). The molecular formula is C18H22. The Balaban J connectivity index is 2.12. The first kappa shape index (κ1) is 12.9. The number of hydrogen-bond donors (Lipinski definition) is 0. The first-order valence-corrected chi connectivity index (χ1v) is 6.92. The highest BCUT2D eigenvalue weighted by molar-refractivity contribution is 5.33. The minimum absolute atomic E-state index is 1.05. The van der Waals surface area contributed by atoms with Crippen LogP contribution in [0.1, 0.15) is 42.0 Å². The summed E-state index contributed by atoms with van der Waals surface area (Å²) in [5, 5.41) is 0. The second-order valence-electron chi connectivity index (χ2n) is 5.03. The molecule has 0 aliphatic carbocycles. The van der Waals surface area contributed by atoms with Crippen molar-refractivity contribution in [1.29, 1.82) is 0 Å². The van der Waals surface area contributed by atoms with Crippen molar-refractivity contribution in [3.63, 3.8) is 0 Å². The zero-order chi connectivity index (χ0) is 12.8. The summed E-state index contributed by atoms with van der Waals surface area (Å²) in [4.78, 5) is 0. The molecule has 0 saturated carbocycles. The summed E-state index contributed by atoms with van der Waals surface area (Å²) in [5.74, 6) is 0. The molecular weight excluding hydrogens is 216 g/mol. The molecule has 18 heavy (non-hydrogen) atoms. The highest BCUT2D eigenvalue weighted by atomic mass is 14.1. The van der Waals surface area contributed by atoms with E-state index in [1.165, 1.54) is 41.5 Å². The van der Waals surface area contributed by atoms with Gasteiger partial charge in [-0.2, -0.15) is 0 Å². The fraction of sp³-hybridized carbons (Fsp3) is 0.333. The van der Waals surface area contributed by atoms with Crippen molar-refractivity contribution < 1.29 is 0 Å². The lowest BCUT2D eigenvalue weighted by Crippen LogP contribution is -1.93. The normalized spacial score (nSPS) is 10.6.